The van der Waals surface area contributed by atoms with Crippen molar-refractivity contribution in [2.45, 2.75) is 6.04 Å². The van der Waals surface area contributed by atoms with E-state index < -0.39 is 5.82 Å². The second-order valence-corrected chi connectivity index (χ2v) is 3.78. The molecule has 0 aliphatic carbocycles. The van der Waals surface area contributed by atoms with E-state index in [4.69, 9.17) is 10.6 Å². The number of rotatable bonds is 4. The average molecular weight is 247 g/mol. The first kappa shape index (κ1) is 12.5. The van der Waals surface area contributed by atoms with Gasteiger partial charge in [0, 0.05) is 11.8 Å². The molecule has 4 nitrogen and oxygen atoms in total. The Morgan fingerprint density at radius 3 is 2.78 bits per heavy atom. The van der Waals surface area contributed by atoms with Crippen LogP contribution < -0.4 is 16.0 Å². The normalized spacial score (nSPS) is 12.2. The van der Waals surface area contributed by atoms with E-state index in [1.807, 2.05) is 24.3 Å². The highest BCUT2D eigenvalue weighted by atomic mass is 19.1. The largest absolute Gasteiger partial charge is 0.496 e. The predicted octanol–water partition coefficient (Wildman–Crippen LogP) is 1.78. The Bertz CT molecular complexity index is 533. The highest BCUT2D eigenvalue weighted by molar-refractivity contribution is 5.40. The van der Waals surface area contributed by atoms with E-state index >= 15 is 0 Å². The summed E-state index contributed by atoms with van der Waals surface area (Å²) in [6.07, 6.45) is 2.72. The molecule has 0 saturated carbocycles. The van der Waals surface area contributed by atoms with Gasteiger partial charge in [0.1, 0.15) is 11.6 Å². The zero-order valence-electron chi connectivity index (χ0n) is 9.93. The summed E-state index contributed by atoms with van der Waals surface area (Å²) in [5, 5.41) is 0. The van der Waals surface area contributed by atoms with Crippen molar-refractivity contribution in [3.63, 3.8) is 0 Å². The van der Waals surface area contributed by atoms with E-state index in [-0.39, 0.29) is 6.04 Å². The zero-order valence-corrected chi connectivity index (χ0v) is 9.93. The Hall–Kier alpha value is -1.98. The summed E-state index contributed by atoms with van der Waals surface area (Å²) in [6, 6.07) is 8.45. The monoisotopic (exact) mass is 247 g/mol. The smallest absolute Gasteiger partial charge is 0.141 e. The molecule has 1 aromatic heterocycles. The van der Waals surface area contributed by atoms with E-state index in [9.17, 15) is 4.39 Å². The van der Waals surface area contributed by atoms with Crippen LogP contribution in [0.4, 0.5) is 4.39 Å². The number of hydrazine groups is 1. The number of hydrogen-bond acceptors (Lipinski definition) is 4. The summed E-state index contributed by atoms with van der Waals surface area (Å²) in [7, 11) is 1.58. The lowest BCUT2D eigenvalue weighted by atomic mass is 10.00. The third kappa shape index (κ3) is 2.47. The summed E-state index contributed by atoms with van der Waals surface area (Å²) in [5.74, 6) is 5.84. The SMILES string of the molecule is COc1ccccc1C(NN)c1cncc(F)c1. The second-order valence-electron chi connectivity index (χ2n) is 3.78. The number of pyridine rings is 1. The highest BCUT2D eigenvalue weighted by Crippen LogP contribution is 2.28. The third-order valence-electron chi connectivity index (χ3n) is 2.68. The highest BCUT2D eigenvalue weighted by Gasteiger charge is 2.17. The molecule has 94 valence electrons. The molecule has 0 bridgehead atoms. The van der Waals surface area contributed by atoms with E-state index in [0.29, 0.717) is 11.3 Å². The van der Waals surface area contributed by atoms with E-state index in [1.54, 1.807) is 13.3 Å². The second kappa shape index (κ2) is 5.57. The van der Waals surface area contributed by atoms with Crippen LogP contribution in [-0.2, 0) is 0 Å². The molecule has 0 aliphatic rings. The van der Waals surface area contributed by atoms with Gasteiger partial charge in [-0.3, -0.25) is 10.8 Å². The van der Waals surface area contributed by atoms with Crippen molar-refractivity contribution in [1.82, 2.24) is 10.4 Å². The molecule has 5 heteroatoms. The van der Waals surface area contributed by atoms with Crippen LogP contribution in [0, 0.1) is 5.82 Å². The first-order valence-corrected chi connectivity index (χ1v) is 5.45. The molecular weight excluding hydrogens is 233 g/mol. The fourth-order valence-corrected chi connectivity index (χ4v) is 1.86. The van der Waals surface area contributed by atoms with Gasteiger partial charge in [-0.25, -0.2) is 9.82 Å². The fraction of sp³-hybridized carbons (Fsp3) is 0.154. The van der Waals surface area contributed by atoms with Gasteiger partial charge in [-0.15, -0.1) is 0 Å². The summed E-state index contributed by atoms with van der Waals surface area (Å²) in [6.45, 7) is 0. The quantitative estimate of drug-likeness (QED) is 0.638. The molecule has 0 amide bonds. The summed E-state index contributed by atoms with van der Waals surface area (Å²) >= 11 is 0. The van der Waals surface area contributed by atoms with Crippen molar-refractivity contribution >= 4 is 0 Å². The number of nitrogens with two attached hydrogens (primary N) is 1. The molecule has 0 aliphatic heterocycles. The van der Waals surface area contributed by atoms with Crippen LogP contribution in [0.2, 0.25) is 0 Å². The van der Waals surface area contributed by atoms with Crippen molar-refractivity contribution in [2.24, 2.45) is 5.84 Å². The molecule has 18 heavy (non-hydrogen) atoms. The van der Waals surface area contributed by atoms with Gasteiger partial charge in [0.2, 0.25) is 0 Å². The predicted molar refractivity (Wildman–Crippen MR) is 66.4 cm³/mol. The number of halogens is 1. The molecule has 0 saturated heterocycles. The standard InChI is InChI=1S/C13H14FN3O/c1-18-12-5-3-2-4-11(12)13(17-15)9-6-10(14)8-16-7-9/h2-8,13,17H,15H2,1H3. The summed E-state index contributed by atoms with van der Waals surface area (Å²) in [4.78, 5) is 3.82. The van der Waals surface area contributed by atoms with Crippen molar-refractivity contribution in [3.8, 4) is 5.75 Å². The number of aromatic nitrogens is 1. The zero-order chi connectivity index (χ0) is 13.0. The number of nitrogens with zero attached hydrogens (tertiary/aromatic N) is 1. The maximum atomic E-state index is 13.2. The van der Waals surface area contributed by atoms with Crippen LogP contribution in [0.25, 0.3) is 0 Å². The maximum absolute atomic E-state index is 13.2. The Morgan fingerprint density at radius 2 is 2.11 bits per heavy atom. The van der Waals surface area contributed by atoms with Crippen LogP contribution in [0.5, 0.6) is 5.75 Å². The third-order valence-corrected chi connectivity index (χ3v) is 2.68. The van der Waals surface area contributed by atoms with Crippen LogP contribution in [0.1, 0.15) is 17.2 Å². The van der Waals surface area contributed by atoms with E-state index in [0.717, 1.165) is 11.8 Å². The Balaban J connectivity index is 2.45. The van der Waals surface area contributed by atoms with Crippen LogP contribution >= 0.6 is 0 Å². The van der Waals surface area contributed by atoms with Gasteiger partial charge in [0.15, 0.2) is 0 Å². The first-order valence-electron chi connectivity index (χ1n) is 5.45. The molecule has 1 unspecified atom stereocenters. The molecule has 0 radical (unpaired) electrons. The van der Waals surface area contributed by atoms with E-state index in [1.165, 1.54) is 6.07 Å². The average Bonchev–Trinajstić information content (AvgIpc) is 2.40. The minimum Gasteiger partial charge on any atom is -0.496 e. The van der Waals surface area contributed by atoms with Crippen molar-refractivity contribution in [1.29, 1.82) is 0 Å². The molecule has 0 fully saturated rings. The number of nitrogens with one attached hydrogen (secondary N) is 1. The summed E-state index contributed by atoms with van der Waals surface area (Å²) in [5.41, 5.74) is 4.12. The lowest BCUT2D eigenvalue weighted by molar-refractivity contribution is 0.404. The van der Waals surface area contributed by atoms with Crippen molar-refractivity contribution in [2.75, 3.05) is 7.11 Å². The lowest BCUT2D eigenvalue weighted by Gasteiger charge is -2.19. The molecular formula is C13H14FN3O. The molecule has 1 heterocycles. The van der Waals surface area contributed by atoms with Gasteiger partial charge >= 0.3 is 0 Å². The van der Waals surface area contributed by atoms with Gasteiger partial charge in [-0.1, -0.05) is 18.2 Å². The number of methoxy groups -OCH3 is 1. The molecule has 2 rings (SSSR count). The maximum Gasteiger partial charge on any atom is 0.141 e. The van der Waals surface area contributed by atoms with Gasteiger partial charge < -0.3 is 4.74 Å². The minimum absolute atomic E-state index is 0.371. The topological polar surface area (TPSA) is 60.2 Å². The van der Waals surface area contributed by atoms with Crippen LogP contribution in [-0.4, -0.2) is 12.1 Å². The Kier molecular flexibility index (Phi) is 3.86. The lowest BCUT2D eigenvalue weighted by Crippen LogP contribution is -2.29. The van der Waals surface area contributed by atoms with Crippen LogP contribution in [0.15, 0.2) is 42.7 Å². The van der Waals surface area contributed by atoms with Crippen molar-refractivity contribution in [3.05, 3.63) is 59.7 Å². The van der Waals surface area contributed by atoms with Gasteiger partial charge in [-0.2, -0.15) is 0 Å². The number of benzene rings is 1. The van der Waals surface area contributed by atoms with Crippen LogP contribution in [0.3, 0.4) is 0 Å². The van der Waals surface area contributed by atoms with Crippen molar-refractivity contribution < 1.29 is 9.13 Å². The number of ether oxygens (including phenoxy) is 1. The van der Waals surface area contributed by atoms with Gasteiger partial charge in [0.25, 0.3) is 0 Å². The first-order chi connectivity index (χ1) is 8.76. The molecule has 3 N–H and O–H groups in total. The minimum atomic E-state index is -0.400. The molecule has 2 aromatic rings. The molecule has 1 atom stereocenters. The van der Waals surface area contributed by atoms with E-state index in [2.05, 4.69) is 10.4 Å². The van der Waals surface area contributed by atoms with Gasteiger partial charge in [-0.05, 0) is 17.7 Å². The Morgan fingerprint density at radius 1 is 1.33 bits per heavy atom. The molecule has 0 spiro atoms. The van der Waals surface area contributed by atoms with Gasteiger partial charge in [0.05, 0.1) is 19.3 Å². The number of hydrogen-bond donors (Lipinski definition) is 2. The number of para-hydroxylation sites is 1. The fourth-order valence-electron chi connectivity index (χ4n) is 1.86. The Labute approximate surface area is 105 Å². The molecule has 1 aromatic carbocycles. The summed E-state index contributed by atoms with van der Waals surface area (Å²) < 4.78 is 18.5.